The van der Waals surface area contributed by atoms with Gasteiger partial charge in [0, 0.05) is 31.3 Å². The average molecular weight is 593 g/mol. The van der Waals surface area contributed by atoms with Crippen LogP contribution in [0.15, 0.2) is 40.1 Å². The Morgan fingerprint density at radius 1 is 1.09 bits per heavy atom. The molecule has 1 aromatic heterocycles. The third-order valence-corrected chi connectivity index (χ3v) is 7.51. The number of rotatable bonds is 11. The van der Waals surface area contributed by atoms with Crippen LogP contribution >= 0.6 is 0 Å². The number of nitrogens with two attached hydrogens (primary N) is 3. The van der Waals surface area contributed by atoms with Gasteiger partial charge in [-0.3, -0.25) is 24.6 Å². The van der Waals surface area contributed by atoms with E-state index in [9.17, 15) is 14.4 Å². The number of carbonyl (C=O) groups excluding carboxylic acids is 2. The van der Waals surface area contributed by atoms with Gasteiger partial charge in [-0.1, -0.05) is 17.7 Å². The van der Waals surface area contributed by atoms with Crippen LogP contribution in [-0.4, -0.2) is 53.3 Å². The molecule has 0 fully saturated rings. The van der Waals surface area contributed by atoms with Crippen molar-refractivity contribution in [1.82, 2.24) is 19.9 Å². The average Bonchev–Trinajstić information content (AvgIpc) is 2.95. The molecule has 0 radical (unpaired) electrons. The van der Waals surface area contributed by atoms with Gasteiger partial charge in [0.05, 0.1) is 25.1 Å². The first-order valence-corrected chi connectivity index (χ1v) is 14.1. The van der Waals surface area contributed by atoms with E-state index < -0.39 is 23.9 Å². The van der Waals surface area contributed by atoms with Crippen molar-refractivity contribution in [2.75, 3.05) is 20.3 Å². The Labute approximate surface area is 249 Å². The smallest absolute Gasteiger partial charge is 0.330 e. The zero-order chi connectivity index (χ0) is 31.4. The van der Waals surface area contributed by atoms with Gasteiger partial charge in [0.15, 0.2) is 11.5 Å². The Kier molecular flexibility index (Phi) is 9.69. The highest BCUT2D eigenvalue weighted by Gasteiger charge is 2.28. The molecule has 2 atom stereocenters. The lowest BCUT2D eigenvalue weighted by atomic mass is 9.97. The molecular formula is C30H40N8O5. The summed E-state index contributed by atoms with van der Waals surface area (Å²) in [5.74, 6) is 5.05. The Morgan fingerprint density at radius 3 is 2.40 bits per heavy atom. The molecule has 0 saturated carbocycles. The summed E-state index contributed by atoms with van der Waals surface area (Å²) in [6.07, 6.45) is 0.616. The second-order valence-electron chi connectivity index (χ2n) is 10.5. The number of nitrogens with zero attached hydrogens (tertiary/aromatic N) is 3. The number of fused-ring (bicyclic) bond motifs is 3. The number of primary amides is 1. The third-order valence-electron chi connectivity index (χ3n) is 7.51. The summed E-state index contributed by atoms with van der Waals surface area (Å²) in [7, 11) is 1.58. The summed E-state index contributed by atoms with van der Waals surface area (Å²) in [6.45, 7) is 8.97. The Morgan fingerprint density at radius 2 is 1.79 bits per heavy atom. The standard InChI is InChI=1S/C30H40N8O5/c1-6-43-23-13-19-7-9-37-21(20(19)14-22(23)42-5)15-24(35-26-17(3)11-16(2)12-18(26)4)38(30(37)41)10-8-34-29(40)25(31)27(36-33)28(32)39/h11-15,25,27,36H,6-10,31,33H2,1-5H3,(H2,32,39)(H,34,40). The number of benzene rings is 2. The van der Waals surface area contributed by atoms with Crippen LogP contribution in [-0.2, 0) is 29.1 Å². The van der Waals surface area contributed by atoms with Crippen LogP contribution in [0.4, 0.5) is 5.69 Å². The van der Waals surface area contributed by atoms with E-state index in [-0.39, 0.29) is 18.8 Å². The van der Waals surface area contributed by atoms with Gasteiger partial charge in [-0.05, 0) is 62.9 Å². The van der Waals surface area contributed by atoms with E-state index in [4.69, 9.17) is 31.8 Å². The first kappa shape index (κ1) is 31.5. The molecule has 1 aliphatic rings. The number of carbonyl (C=O) groups is 2. The lowest BCUT2D eigenvalue weighted by molar-refractivity contribution is -0.128. The maximum absolute atomic E-state index is 14.0. The lowest BCUT2D eigenvalue weighted by Crippen LogP contribution is -2.61. The van der Waals surface area contributed by atoms with Crippen LogP contribution < -0.4 is 48.7 Å². The first-order valence-electron chi connectivity index (χ1n) is 14.1. The van der Waals surface area contributed by atoms with E-state index in [2.05, 4.69) is 10.7 Å². The maximum Gasteiger partial charge on any atom is 0.330 e. The van der Waals surface area contributed by atoms with Gasteiger partial charge < -0.3 is 26.3 Å². The summed E-state index contributed by atoms with van der Waals surface area (Å²) in [5.41, 5.74) is 19.9. The van der Waals surface area contributed by atoms with E-state index in [0.717, 1.165) is 33.5 Å². The van der Waals surface area contributed by atoms with Crippen LogP contribution in [0.1, 0.15) is 29.2 Å². The van der Waals surface area contributed by atoms with E-state index in [1.807, 2.05) is 58.0 Å². The Bertz CT molecular complexity index is 1650. The number of ether oxygens (including phenoxy) is 2. The minimum Gasteiger partial charge on any atom is -0.493 e. The lowest BCUT2D eigenvalue weighted by Gasteiger charge is -2.25. The number of methoxy groups -OCH3 is 1. The Balaban J connectivity index is 1.82. The summed E-state index contributed by atoms with van der Waals surface area (Å²) >= 11 is 0. The highest BCUT2D eigenvalue weighted by atomic mass is 16.5. The van der Waals surface area contributed by atoms with Gasteiger partial charge in [0.2, 0.25) is 11.8 Å². The molecule has 0 spiro atoms. The van der Waals surface area contributed by atoms with Crippen molar-refractivity contribution in [3.05, 3.63) is 68.6 Å². The first-order chi connectivity index (χ1) is 20.5. The van der Waals surface area contributed by atoms with Crippen LogP contribution in [0.5, 0.6) is 11.5 Å². The second kappa shape index (κ2) is 13.2. The second-order valence-corrected chi connectivity index (χ2v) is 10.5. The molecule has 2 aromatic carbocycles. The van der Waals surface area contributed by atoms with Crippen molar-refractivity contribution < 1.29 is 19.1 Å². The Hall–Kier alpha value is -4.46. The topological polar surface area (TPSA) is 194 Å². The van der Waals surface area contributed by atoms with E-state index >= 15 is 0 Å². The largest absolute Gasteiger partial charge is 0.493 e. The van der Waals surface area contributed by atoms with Gasteiger partial charge in [-0.25, -0.2) is 15.2 Å². The molecule has 2 amide bonds. The molecule has 8 N–H and O–H groups in total. The summed E-state index contributed by atoms with van der Waals surface area (Å²) in [5, 5.41) is 2.67. The van der Waals surface area contributed by atoms with Crippen molar-refractivity contribution in [3.63, 3.8) is 0 Å². The molecule has 230 valence electrons. The van der Waals surface area contributed by atoms with E-state index in [0.29, 0.717) is 42.3 Å². The summed E-state index contributed by atoms with van der Waals surface area (Å²) in [6, 6.07) is 7.26. The number of aryl methyl sites for hydroxylation is 4. The monoisotopic (exact) mass is 592 g/mol. The van der Waals surface area contributed by atoms with E-state index in [1.54, 1.807) is 11.7 Å². The number of hydrazine groups is 1. The van der Waals surface area contributed by atoms with Crippen LogP contribution in [0.2, 0.25) is 0 Å². The van der Waals surface area contributed by atoms with Gasteiger partial charge in [-0.2, -0.15) is 0 Å². The van der Waals surface area contributed by atoms with Crippen molar-refractivity contribution in [1.29, 1.82) is 0 Å². The molecule has 3 aromatic rings. The summed E-state index contributed by atoms with van der Waals surface area (Å²) < 4.78 is 14.6. The molecule has 13 nitrogen and oxygen atoms in total. The van der Waals surface area contributed by atoms with Gasteiger partial charge in [0.1, 0.15) is 17.6 Å². The molecule has 0 saturated heterocycles. The van der Waals surface area contributed by atoms with Crippen LogP contribution in [0, 0.1) is 20.8 Å². The predicted octanol–water partition coefficient (Wildman–Crippen LogP) is 0.199. The molecule has 1 aliphatic heterocycles. The fourth-order valence-corrected chi connectivity index (χ4v) is 5.46. The van der Waals surface area contributed by atoms with Crippen molar-refractivity contribution in [2.45, 2.75) is 59.3 Å². The fourth-order valence-electron chi connectivity index (χ4n) is 5.46. The molecule has 2 heterocycles. The minimum absolute atomic E-state index is 0.0400. The molecule has 4 rings (SSSR count). The number of nitrogens with one attached hydrogen (secondary N) is 2. The molecule has 0 bridgehead atoms. The van der Waals surface area contributed by atoms with Crippen molar-refractivity contribution >= 4 is 17.5 Å². The zero-order valence-corrected chi connectivity index (χ0v) is 25.2. The number of amides is 2. The maximum atomic E-state index is 14.0. The quantitative estimate of drug-likeness (QED) is 0.154. The summed E-state index contributed by atoms with van der Waals surface area (Å²) in [4.78, 5) is 43.2. The van der Waals surface area contributed by atoms with Crippen molar-refractivity contribution in [2.24, 2.45) is 22.3 Å². The SMILES string of the molecule is CCOc1cc2c(cc1OC)-c1cc(=Nc3c(C)cc(C)cc3C)n(CCNC(=O)C(N)C(NN)C(N)=O)c(=O)n1CC2. The number of aromatic nitrogens is 2. The van der Waals surface area contributed by atoms with Gasteiger partial charge in [0.25, 0.3) is 0 Å². The molecular weight excluding hydrogens is 552 g/mol. The zero-order valence-electron chi connectivity index (χ0n) is 25.2. The number of hydrogen-bond donors (Lipinski definition) is 5. The highest BCUT2D eigenvalue weighted by Crippen LogP contribution is 2.37. The molecule has 13 heteroatoms. The third kappa shape index (κ3) is 6.48. The minimum atomic E-state index is -1.31. The predicted molar refractivity (Wildman–Crippen MR) is 163 cm³/mol. The normalized spacial score (nSPS) is 14.0. The highest BCUT2D eigenvalue weighted by molar-refractivity contribution is 5.91. The fraction of sp³-hybridized carbons (Fsp3) is 0.400. The van der Waals surface area contributed by atoms with Gasteiger partial charge >= 0.3 is 5.69 Å². The van der Waals surface area contributed by atoms with E-state index in [1.165, 1.54) is 4.57 Å². The molecule has 2 unspecified atom stereocenters. The van der Waals surface area contributed by atoms with Crippen LogP contribution in [0.3, 0.4) is 0 Å². The van der Waals surface area contributed by atoms with Gasteiger partial charge in [-0.15, -0.1) is 0 Å². The molecule has 0 aliphatic carbocycles. The van der Waals surface area contributed by atoms with Crippen LogP contribution in [0.25, 0.3) is 11.3 Å². The molecule has 43 heavy (non-hydrogen) atoms. The van der Waals surface area contributed by atoms with Crippen molar-refractivity contribution in [3.8, 4) is 22.8 Å². The number of hydrogen-bond acceptors (Lipinski definition) is 9.